The zero-order valence-corrected chi connectivity index (χ0v) is 17.1. The van der Waals surface area contributed by atoms with Gasteiger partial charge in [0.05, 0.1) is 12.6 Å². The van der Waals surface area contributed by atoms with Crippen molar-refractivity contribution in [2.75, 3.05) is 13.2 Å². The van der Waals surface area contributed by atoms with Crippen LogP contribution in [0.3, 0.4) is 0 Å². The van der Waals surface area contributed by atoms with Crippen molar-refractivity contribution in [3.8, 4) is 6.07 Å². The molecule has 0 saturated carbocycles. The molecular formula is C17H30N2O4Si. The van der Waals surface area contributed by atoms with Gasteiger partial charge in [-0.3, -0.25) is 9.69 Å². The van der Waals surface area contributed by atoms with Crippen molar-refractivity contribution < 1.29 is 18.8 Å². The van der Waals surface area contributed by atoms with E-state index in [0.29, 0.717) is 0 Å². The van der Waals surface area contributed by atoms with Crippen LogP contribution in [-0.4, -0.2) is 49.4 Å². The number of Topliss-reactive ketones (excluding diaryl/α,β-unsaturated/α-hetero) is 1. The van der Waals surface area contributed by atoms with Crippen LogP contribution in [0.2, 0.25) is 18.1 Å². The van der Waals surface area contributed by atoms with E-state index in [1.807, 2.05) is 6.07 Å². The Labute approximate surface area is 146 Å². The summed E-state index contributed by atoms with van der Waals surface area (Å²) in [6.45, 7) is 16.0. The van der Waals surface area contributed by atoms with Crippen LogP contribution in [0.25, 0.3) is 0 Å². The number of amides is 1. The van der Waals surface area contributed by atoms with Crippen molar-refractivity contribution in [1.82, 2.24) is 4.90 Å². The summed E-state index contributed by atoms with van der Waals surface area (Å²) in [5.74, 6) is -0.255. The number of carbonyl (C=O) groups excluding carboxylic acids is 2. The first-order valence-corrected chi connectivity index (χ1v) is 11.2. The molecule has 0 aromatic heterocycles. The average molecular weight is 355 g/mol. The second-order valence-corrected chi connectivity index (χ2v) is 13.6. The van der Waals surface area contributed by atoms with Gasteiger partial charge in [0.15, 0.2) is 19.6 Å². The molecule has 136 valence electrons. The van der Waals surface area contributed by atoms with Crippen LogP contribution in [0, 0.1) is 11.3 Å². The monoisotopic (exact) mass is 354 g/mol. The summed E-state index contributed by atoms with van der Waals surface area (Å²) in [7, 11) is -1.97. The highest BCUT2D eigenvalue weighted by atomic mass is 28.4. The summed E-state index contributed by atoms with van der Waals surface area (Å²) >= 11 is 0. The molecule has 0 aromatic rings. The molecule has 0 spiro atoms. The maximum absolute atomic E-state index is 12.2. The molecule has 7 heteroatoms. The second-order valence-electron chi connectivity index (χ2n) is 8.82. The van der Waals surface area contributed by atoms with Gasteiger partial charge in [0.1, 0.15) is 5.60 Å². The van der Waals surface area contributed by atoms with Crippen molar-refractivity contribution in [1.29, 1.82) is 5.26 Å². The topological polar surface area (TPSA) is 79.6 Å². The standard InChI is InChI=1S/C17H30N2O4Si/c1-15(2,3)23-14(21)19-11-13(20)17(19,12-18)9-10-22-24(7,8)16(4,5)6/h9-11H2,1-8H3. The molecule has 1 rings (SSSR count). The highest BCUT2D eigenvalue weighted by Gasteiger charge is 2.57. The van der Waals surface area contributed by atoms with Gasteiger partial charge in [-0.25, -0.2) is 4.79 Å². The number of likely N-dealkylation sites (tertiary alicyclic amines) is 1. The third-order valence-corrected chi connectivity index (χ3v) is 9.29. The highest BCUT2D eigenvalue weighted by Crippen LogP contribution is 2.38. The molecule has 1 fully saturated rings. The quantitative estimate of drug-likeness (QED) is 0.722. The normalized spacial score (nSPS) is 22.0. The number of ether oxygens (including phenoxy) is 1. The fourth-order valence-electron chi connectivity index (χ4n) is 2.13. The third kappa shape index (κ3) is 4.17. The molecule has 6 nitrogen and oxygen atoms in total. The van der Waals surface area contributed by atoms with Crippen LogP contribution in [0.1, 0.15) is 48.0 Å². The molecular weight excluding hydrogens is 324 g/mol. The van der Waals surface area contributed by atoms with Crippen LogP contribution in [0.15, 0.2) is 0 Å². The van der Waals surface area contributed by atoms with E-state index in [1.54, 1.807) is 20.8 Å². The number of rotatable bonds is 4. The molecule has 0 aromatic carbocycles. The highest BCUT2D eigenvalue weighted by molar-refractivity contribution is 6.74. The Bertz CT molecular complexity index is 554. The Morgan fingerprint density at radius 1 is 1.29 bits per heavy atom. The molecule has 0 bridgehead atoms. The summed E-state index contributed by atoms with van der Waals surface area (Å²) in [6.07, 6.45) is -0.454. The third-order valence-electron chi connectivity index (χ3n) is 4.76. The Balaban J connectivity index is 2.80. The Morgan fingerprint density at radius 2 is 1.83 bits per heavy atom. The Morgan fingerprint density at radius 3 is 2.21 bits per heavy atom. The minimum atomic E-state index is -1.97. The van der Waals surface area contributed by atoms with E-state index in [0.717, 1.165) is 0 Å². The second kappa shape index (κ2) is 6.49. The number of hydrogen-bond donors (Lipinski definition) is 0. The van der Waals surface area contributed by atoms with Crippen molar-refractivity contribution in [2.24, 2.45) is 0 Å². The Kier molecular flexibility index (Phi) is 5.58. The van der Waals surface area contributed by atoms with E-state index in [4.69, 9.17) is 9.16 Å². The molecule has 1 saturated heterocycles. The van der Waals surface area contributed by atoms with E-state index in [2.05, 4.69) is 33.9 Å². The minimum absolute atomic E-state index is 0.0429. The number of carbonyl (C=O) groups is 2. The number of hydrogen-bond acceptors (Lipinski definition) is 5. The van der Waals surface area contributed by atoms with Crippen molar-refractivity contribution >= 4 is 20.2 Å². The lowest BCUT2D eigenvalue weighted by Gasteiger charge is -2.46. The van der Waals surface area contributed by atoms with Gasteiger partial charge in [-0.2, -0.15) is 5.26 Å². The molecule has 0 radical (unpaired) electrons. The summed E-state index contributed by atoms with van der Waals surface area (Å²) in [5, 5.41) is 9.59. The number of nitriles is 1. The van der Waals surface area contributed by atoms with Gasteiger partial charge in [0, 0.05) is 13.0 Å². The number of nitrogens with zero attached hydrogens (tertiary/aromatic N) is 2. The number of ketones is 1. The van der Waals surface area contributed by atoms with Crippen LogP contribution in [0.5, 0.6) is 0 Å². The first-order chi connectivity index (χ1) is 10.7. The molecule has 24 heavy (non-hydrogen) atoms. The average Bonchev–Trinajstić information content (AvgIpc) is 2.37. The van der Waals surface area contributed by atoms with Crippen molar-refractivity contribution in [3.05, 3.63) is 0 Å². The van der Waals surface area contributed by atoms with Gasteiger partial charge in [-0.15, -0.1) is 0 Å². The fraction of sp³-hybridized carbons (Fsp3) is 0.824. The fourth-order valence-corrected chi connectivity index (χ4v) is 3.17. The van der Waals surface area contributed by atoms with Gasteiger partial charge in [-0.1, -0.05) is 20.8 Å². The van der Waals surface area contributed by atoms with Gasteiger partial charge in [-0.05, 0) is 38.9 Å². The first-order valence-electron chi connectivity index (χ1n) is 8.25. The van der Waals surface area contributed by atoms with Gasteiger partial charge < -0.3 is 9.16 Å². The SMILES string of the molecule is CC(C)(C)OC(=O)N1CC(=O)C1(C#N)CCO[Si](C)(C)C(C)(C)C. The molecule has 0 aliphatic carbocycles. The molecule has 1 heterocycles. The van der Waals surface area contributed by atoms with Crippen LogP contribution in [0.4, 0.5) is 4.79 Å². The van der Waals surface area contributed by atoms with E-state index in [-0.39, 0.29) is 30.4 Å². The maximum atomic E-state index is 12.2. The van der Waals surface area contributed by atoms with Gasteiger partial charge >= 0.3 is 6.09 Å². The van der Waals surface area contributed by atoms with Gasteiger partial charge in [0.2, 0.25) is 0 Å². The molecule has 1 aliphatic rings. The smallest absolute Gasteiger partial charge is 0.412 e. The molecule has 1 aliphatic heterocycles. The first kappa shape index (κ1) is 20.7. The lowest BCUT2D eigenvalue weighted by molar-refractivity contribution is -0.142. The van der Waals surface area contributed by atoms with Crippen molar-refractivity contribution in [3.63, 3.8) is 0 Å². The minimum Gasteiger partial charge on any atom is -0.444 e. The lowest BCUT2D eigenvalue weighted by Crippen LogP contribution is -2.70. The Hall–Kier alpha value is -1.39. The zero-order valence-electron chi connectivity index (χ0n) is 16.1. The van der Waals surface area contributed by atoms with E-state index >= 15 is 0 Å². The summed E-state index contributed by atoms with van der Waals surface area (Å²) < 4.78 is 11.4. The van der Waals surface area contributed by atoms with E-state index < -0.39 is 25.6 Å². The maximum Gasteiger partial charge on any atom is 0.412 e. The zero-order chi connectivity index (χ0) is 19.0. The van der Waals surface area contributed by atoms with E-state index in [9.17, 15) is 14.9 Å². The van der Waals surface area contributed by atoms with Crippen LogP contribution in [-0.2, 0) is 14.0 Å². The van der Waals surface area contributed by atoms with E-state index in [1.165, 1.54) is 4.90 Å². The van der Waals surface area contributed by atoms with Crippen LogP contribution < -0.4 is 0 Å². The predicted octanol–water partition coefficient (Wildman–Crippen LogP) is 3.48. The van der Waals surface area contributed by atoms with Crippen LogP contribution >= 0.6 is 0 Å². The van der Waals surface area contributed by atoms with Crippen molar-refractivity contribution in [2.45, 2.75) is 77.2 Å². The summed E-state index contributed by atoms with van der Waals surface area (Å²) in [6, 6.07) is 2.02. The molecule has 0 N–H and O–H groups in total. The summed E-state index contributed by atoms with van der Waals surface area (Å²) in [4.78, 5) is 25.6. The lowest BCUT2D eigenvalue weighted by atomic mass is 9.82. The molecule has 1 unspecified atom stereocenters. The predicted molar refractivity (Wildman–Crippen MR) is 94.1 cm³/mol. The largest absolute Gasteiger partial charge is 0.444 e. The summed E-state index contributed by atoms with van der Waals surface area (Å²) in [5.41, 5.74) is -2.13. The van der Waals surface area contributed by atoms with Gasteiger partial charge in [0.25, 0.3) is 0 Å². The molecule has 1 amide bonds. The molecule has 1 atom stereocenters.